The normalized spacial score (nSPS) is 13.2. The zero-order chi connectivity index (χ0) is 12.9. The smallest absolute Gasteiger partial charge is 0.194 e. The maximum absolute atomic E-state index is 12.5. The van der Waals surface area contributed by atoms with Crippen molar-refractivity contribution in [3.63, 3.8) is 0 Å². The van der Waals surface area contributed by atoms with Gasteiger partial charge in [0.1, 0.15) is 0 Å². The maximum atomic E-state index is 12.5. The minimum absolute atomic E-state index is 0.108. The van der Waals surface area contributed by atoms with Crippen molar-refractivity contribution in [2.75, 3.05) is 0 Å². The Morgan fingerprint density at radius 3 is 2.00 bits per heavy atom. The fourth-order valence-corrected chi connectivity index (χ4v) is 2.51. The summed E-state index contributed by atoms with van der Waals surface area (Å²) in [7, 11) is 0. The molecule has 1 nitrogen and oxygen atoms in total. The van der Waals surface area contributed by atoms with Gasteiger partial charge in [-0.25, -0.2) is 0 Å². The van der Waals surface area contributed by atoms with E-state index >= 15 is 0 Å². The van der Waals surface area contributed by atoms with E-state index in [1.807, 2.05) is 50.2 Å². The molecule has 1 aliphatic carbocycles. The second-order valence-corrected chi connectivity index (χ2v) is 4.91. The second kappa shape index (κ2) is 3.67. The third-order valence-electron chi connectivity index (χ3n) is 3.49. The fourth-order valence-electron chi connectivity index (χ4n) is 2.51. The highest BCUT2D eigenvalue weighted by Crippen LogP contribution is 2.35. The first-order chi connectivity index (χ1) is 8.58. The predicted molar refractivity (Wildman–Crippen MR) is 73.9 cm³/mol. The molecule has 88 valence electrons. The van der Waals surface area contributed by atoms with E-state index in [0.717, 1.165) is 39.0 Å². The Balaban J connectivity index is 2.31. The first-order valence-corrected chi connectivity index (χ1v) is 6.03. The van der Waals surface area contributed by atoms with Crippen LogP contribution < -0.4 is 0 Å². The molecule has 0 unspecified atom stereocenters. The van der Waals surface area contributed by atoms with E-state index in [9.17, 15) is 4.79 Å². The lowest BCUT2D eigenvalue weighted by Gasteiger charge is -2.21. The first-order valence-electron chi connectivity index (χ1n) is 6.03. The summed E-state index contributed by atoms with van der Waals surface area (Å²) >= 11 is 0. The minimum atomic E-state index is 0.108. The maximum Gasteiger partial charge on any atom is 0.194 e. The molecule has 0 radical (unpaired) electrons. The molecule has 0 amide bonds. The topological polar surface area (TPSA) is 17.1 Å². The summed E-state index contributed by atoms with van der Waals surface area (Å²) in [6.45, 7) is 8.18. The molecule has 0 heterocycles. The summed E-state index contributed by atoms with van der Waals surface area (Å²) in [5, 5.41) is 0. The summed E-state index contributed by atoms with van der Waals surface area (Å²) in [6.07, 6.45) is 0. The van der Waals surface area contributed by atoms with Crippen molar-refractivity contribution in [2.24, 2.45) is 0 Å². The van der Waals surface area contributed by atoms with E-state index < -0.39 is 0 Å². The highest BCUT2D eigenvalue weighted by molar-refractivity contribution is 6.18. The Morgan fingerprint density at radius 2 is 1.33 bits per heavy atom. The second-order valence-electron chi connectivity index (χ2n) is 4.91. The van der Waals surface area contributed by atoms with Gasteiger partial charge in [-0.1, -0.05) is 48.0 Å². The molecular weight excluding hydrogens is 220 g/mol. The minimum Gasteiger partial charge on any atom is -0.289 e. The monoisotopic (exact) mass is 234 g/mol. The number of rotatable bonds is 0. The Kier molecular flexibility index (Phi) is 2.24. The van der Waals surface area contributed by atoms with Crippen LogP contribution >= 0.6 is 0 Å². The molecule has 0 spiro atoms. The Morgan fingerprint density at radius 1 is 0.778 bits per heavy atom. The van der Waals surface area contributed by atoms with Crippen molar-refractivity contribution in [2.45, 2.75) is 13.8 Å². The van der Waals surface area contributed by atoms with Gasteiger partial charge in [0, 0.05) is 11.1 Å². The van der Waals surface area contributed by atoms with Crippen LogP contribution in [0.15, 0.2) is 43.0 Å². The van der Waals surface area contributed by atoms with Crippen LogP contribution in [0.3, 0.4) is 0 Å². The van der Waals surface area contributed by atoms with Crippen molar-refractivity contribution in [3.05, 3.63) is 76.4 Å². The number of aryl methyl sites for hydroxylation is 2. The Hall–Kier alpha value is -2.15. The van der Waals surface area contributed by atoms with Crippen LogP contribution in [-0.4, -0.2) is 5.78 Å². The molecule has 0 bridgehead atoms. The molecule has 0 aliphatic heterocycles. The first kappa shape index (κ1) is 11.0. The predicted octanol–water partition coefficient (Wildman–Crippen LogP) is 3.91. The number of hydrogen-bond donors (Lipinski definition) is 0. The van der Waals surface area contributed by atoms with E-state index in [-0.39, 0.29) is 5.78 Å². The van der Waals surface area contributed by atoms with Crippen LogP contribution in [0.5, 0.6) is 0 Å². The number of ketones is 1. The largest absolute Gasteiger partial charge is 0.289 e. The van der Waals surface area contributed by atoms with Gasteiger partial charge in [-0.2, -0.15) is 0 Å². The van der Waals surface area contributed by atoms with Crippen molar-refractivity contribution in [1.29, 1.82) is 0 Å². The summed E-state index contributed by atoms with van der Waals surface area (Å²) in [5.74, 6) is 0.108. The Bertz CT molecular complexity index is 631. The molecule has 3 rings (SSSR count). The highest BCUT2D eigenvalue weighted by atomic mass is 16.1. The number of fused-ring (bicyclic) bond motifs is 2. The molecule has 0 saturated carbocycles. The van der Waals surface area contributed by atoms with Crippen molar-refractivity contribution < 1.29 is 4.79 Å². The zero-order valence-electron chi connectivity index (χ0n) is 10.6. The van der Waals surface area contributed by atoms with Gasteiger partial charge in [0.2, 0.25) is 0 Å². The van der Waals surface area contributed by atoms with Crippen LogP contribution in [0.25, 0.3) is 5.57 Å². The van der Waals surface area contributed by atoms with Gasteiger partial charge in [-0.3, -0.25) is 4.79 Å². The van der Waals surface area contributed by atoms with Crippen molar-refractivity contribution >= 4 is 11.4 Å². The van der Waals surface area contributed by atoms with Crippen LogP contribution in [0, 0.1) is 13.8 Å². The highest BCUT2D eigenvalue weighted by Gasteiger charge is 2.25. The molecule has 0 aromatic heterocycles. The van der Waals surface area contributed by atoms with Gasteiger partial charge >= 0.3 is 0 Å². The van der Waals surface area contributed by atoms with Crippen LogP contribution in [-0.2, 0) is 0 Å². The molecule has 0 atom stereocenters. The molecule has 2 aromatic carbocycles. The molecule has 1 heteroatoms. The van der Waals surface area contributed by atoms with Crippen LogP contribution in [0.1, 0.15) is 38.2 Å². The van der Waals surface area contributed by atoms with Crippen LogP contribution in [0.4, 0.5) is 0 Å². The van der Waals surface area contributed by atoms with Gasteiger partial charge in [0.05, 0.1) is 0 Å². The van der Waals surface area contributed by atoms with E-state index in [4.69, 9.17) is 0 Å². The van der Waals surface area contributed by atoms with E-state index in [2.05, 4.69) is 6.58 Å². The van der Waals surface area contributed by atoms with Crippen LogP contribution in [0.2, 0.25) is 0 Å². The number of carbonyl (C=O) groups excluding carboxylic acids is 1. The van der Waals surface area contributed by atoms with Gasteiger partial charge in [-0.05, 0) is 36.6 Å². The van der Waals surface area contributed by atoms with Gasteiger partial charge in [-0.15, -0.1) is 0 Å². The lowest BCUT2D eigenvalue weighted by atomic mass is 9.81. The Labute approximate surface area is 107 Å². The average molecular weight is 234 g/mol. The molecule has 0 saturated heterocycles. The third-order valence-corrected chi connectivity index (χ3v) is 3.49. The zero-order valence-corrected chi connectivity index (χ0v) is 10.6. The standard InChI is InChI=1S/C17H14O/c1-10-5-7-14-15(8-10)12(3)13-6-4-11(2)9-16(13)17(14)18/h4-9H,3H2,1-2H3. The van der Waals surface area contributed by atoms with Crippen molar-refractivity contribution in [3.8, 4) is 0 Å². The van der Waals surface area contributed by atoms with E-state index in [1.165, 1.54) is 0 Å². The van der Waals surface area contributed by atoms with Gasteiger partial charge in [0.25, 0.3) is 0 Å². The van der Waals surface area contributed by atoms with Crippen molar-refractivity contribution in [1.82, 2.24) is 0 Å². The van der Waals surface area contributed by atoms with E-state index in [0.29, 0.717) is 0 Å². The average Bonchev–Trinajstić information content (AvgIpc) is 2.36. The molecule has 1 aliphatic rings. The molecule has 0 N–H and O–H groups in total. The van der Waals surface area contributed by atoms with E-state index in [1.54, 1.807) is 0 Å². The SMILES string of the molecule is C=C1c2cc(C)ccc2C(=O)c2cc(C)ccc21. The summed E-state index contributed by atoms with van der Waals surface area (Å²) < 4.78 is 0. The molecule has 2 aromatic rings. The molecule has 18 heavy (non-hydrogen) atoms. The summed E-state index contributed by atoms with van der Waals surface area (Å²) in [4.78, 5) is 12.5. The summed E-state index contributed by atoms with van der Waals surface area (Å²) in [5.41, 5.74) is 6.67. The number of benzene rings is 2. The number of carbonyl (C=O) groups is 1. The quantitative estimate of drug-likeness (QED) is 0.576. The fraction of sp³-hybridized carbons (Fsp3) is 0.118. The lowest BCUT2D eigenvalue weighted by Crippen LogP contribution is -2.14. The van der Waals surface area contributed by atoms with Gasteiger partial charge < -0.3 is 0 Å². The molecule has 0 fully saturated rings. The summed E-state index contributed by atoms with van der Waals surface area (Å²) in [6, 6.07) is 11.9. The number of hydrogen-bond acceptors (Lipinski definition) is 1. The third kappa shape index (κ3) is 1.44. The molecular formula is C17H14O. The lowest BCUT2D eigenvalue weighted by molar-refractivity contribution is 0.103. The van der Waals surface area contributed by atoms with Gasteiger partial charge in [0.15, 0.2) is 5.78 Å².